The van der Waals surface area contributed by atoms with Crippen LogP contribution in [0.5, 0.6) is 11.7 Å². The molecule has 0 unspecified atom stereocenters. The lowest BCUT2D eigenvalue weighted by atomic mass is 9.74. The van der Waals surface area contributed by atoms with Gasteiger partial charge in [0.15, 0.2) is 5.76 Å². The maximum Gasteiger partial charge on any atom is 0.287 e. The van der Waals surface area contributed by atoms with Crippen LogP contribution >= 0.6 is 0 Å². The number of furan rings is 1. The molecule has 29 heavy (non-hydrogen) atoms. The Labute approximate surface area is 169 Å². The molecule has 0 bridgehead atoms. The lowest BCUT2D eigenvalue weighted by Crippen LogP contribution is -2.36. The van der Waals surface area contributed by atoms with Gasteiger partial charge in [-0.05, 0) is 48.6 Å². The maximum absolute atomic E-state index is 12.7. The predicted octanol–water partition coefficient (Wildman–Crippen LogP) is 3.93. The zero-order valence-electron chi connectivity index (χ0n) is 17.1. The minimum atomic E-state index is -0.265. The molecule has 152 valence electrons. The van der Waals surface area contributed by atoms with Gasteiger partial charge in [-0.15, -0.1) is 0 Å². The molecule has 0 spiro atoms. The number of nitrogens with zero attached hydrogens (tertiary/aromatic N) is 2. The highest BCUT2D eigenvalue weighted by Crippen LogP contribution is 2.41. The number of rotatable bonds is 5. The van der Waals surface area contributed by atoms with Crippen molar-refractivity contribution < 1.29 is 18.7 Å². The quantitative estimate of drug-likeness (QED) is 0.708. The van der Waals surface area contributed by atoms with Gasteiger partial charge in [-0.25, -0.2) is 4.68 Å². The summed E-state index contributed by atoms with van der Waals surface area (Å²) in [6, 6.07) is 10.9. The second-order valence-corrected chi connectivity index (χ2v) is 8.05. The van der Waals surface area contributed by atoms with E-state index >= 15 is 0 Å². The van der Waals surface area contributed by atoms with Crippen molar-refractivity contribution in [1.82, 2.24) is 15.1 Å². The highest BCUT2D eigenvalue weighted by Gasteiger charge is 2.36. The van der Waals surface area contributed by atoms with Gasteiger partial charge in [0.25, 0.3) is 11.9 Å². The Hall–Kier alpha value is -3.22. The molecule has 1 N–H and O–H groups in total. The summed E-state index contributed by atoms with van der Waals surface area (Å²) in [6.07, 6.45) is 3.54. The molecule has 3 aromatic rings. The molecule has 0 saturated heterocycles. The largest absolute Gasteiger partial charge is 0.497 e. The smallest absolute Gasteiger partial charge is 0.287 e. The van der Waals surface area contributed by atoms with Crippen LogP contribution in [0.4, 0.5) is 0 Å². The van der Waals surface area contributed by atoms with Crippen molar-refractivity contribution in [2.45, 2.75) is 32.7 Å². The van der Waals surface area contributed by atoms with Crippen molar-refractivity contribution in [1.29, 1.82) is 0 Å². The summed E-state index contributed by atoms with van der Waals surface area (Å²) in [4.78, 5) is 12.7. The zero-order valence-corrected chi connectivity index (χ0v) is 17.1. The fourth-order valence-corrected chi connectivity index (χ4v) is 3.90. The van der Waals surface area contributed by atoms with E-state index in [2.05, 4.69) is 24.3 Å². The highest BCUT2D eigenvalue weighted by atomic mass is 16.6. The Balaban J connectivity index is 1.64. The van der Waals surface area contributed by atoms with Crippen LogP contribution in [0.3, 0.4) is 0 Å². The molecular formula is C22H25N3O4. The average molecular weight is 395 g/mol. The first kappa shape index (κ1) is 19.1. The molecule has 2 aromatic heterocycles. The molecule has 2 heterocycles. The summed E-state index contributed by atoms with van der Waals surface area (Å²) in [5.41, 5.74) is 3.11. The lowest BCUT2D eigenvalue weighted by Gasteiger charge is -2.35. The third-order valence-corrected chi connectivity index (χ3v) is 5.31. The SMILES string of the molecule is COc1ccc(-n2ncc3c2CC(C)(C)C[C@@H]3NC(=O)c2ccc(OC)o2)cc1. The van der Waals surface area contributed by atoms with Gasteiger partial charge in [-0.1, -0.05) is 13.8 Å². The van der Waals surface area contributed by atoms with Gasteiger partial charge < -0.3 is 19.2 Å². The second-order valence-electron chi connectivity index (χ2n) is 8.05. The normalized spacial score (nSPS) is 17.4. The minimum Gasteiger partial charge on any atom is -0.497 e. The molecule has 1 amide bonds. The Kier molecular flexibility index (Phi) is 4.82. The molecule has 1 aromatic carbocycles. The number of methoxy groups -OCH3 is 2. The molecular weight excluding hydrogens is 370 g/mol. The van der Waals surface area contributed by atoms with Gasteiger partial charge in [0.05, 0.1) is 37.8 Å². The maximum atomic E-state index is 12.7. The van der Waals surface area contributed by atoms with Crippen molar-refractivity contribution >= 4 is 5.91 Å². The first-order valence-electron chi connectivity index (χ1n) is 9.56. The van der Waals surface area contributed by atoms with Crippen LogP contribution in [-0.4, -0.2) is 29.9 Å². The molecule has 1 aliphatic carbocycles. The van der Waals surface area contributed by atoms with Gasteiger partial charge in [0.2, 0.25) is 0 Å². The number of aromatic nitrogens is 2. The van der Waals surface area contributed by atoms with Crippen molar-refractivity contribution in [3.05, 3.63) is 59.6 Å². The van der Waals surface area contributed by atoms with Gasteiger partial charge in [0.1, 0.15) is 5.75 Å². The van der Waals surface area contributed by atoms with Crippen molar-refractivity contribution in [2.24, 2.45) is 5.41 Å². The van der Waals surface area contributed by atoms with E-state index in [1.807, 2.05) is 35.1 Å². The van der Waals surface area contributed by atoms with E-state index in [-0.39, 0.29) is 23.1 Å². The third kappa shape index (κ3) is 3.72. The third-order valence-electron chi connectivity index (χ3n) is 5.31. The van der Waals surface area contributed by atoms with Crippen LogP contribution in [0.25, 0.3) is 5.69 Å². The molecule has 4 rings (SSSR count). The molecule has 0 saturated carbocycles. The Morgan fingerprint density at radius 3 is 2.59 bits per heavy atom. The standard InChI is InChI=1S/C22H25N3O4/c1-22(2)11-17(24-21(26)19-9-10-20(28-4)29-19)16-13-23-25(18(16)12-22)14-5-7-15(27-3)8-6-14/h5-10,13,17H,11-12H2,1-4H3,(H,24,26)/t17-/m0/s1. The lowest BCUT2D eigenvalue weighted by molar-refractivity contribution is 0.0885. The summed E-state index contributed by atoms with van der Waals surface area (Å²) in [5, 5.41) is 7.72. The number of benzene rings is 1. The fraction of sp³-hybridized carbons (Fsp3) is 0.364. The van der Waals surface area contributed by atoms with E-state index in [1.165, 1.54) is 7.11 Å². The van der Waals surface area contributed by atoms with Crippen LogP contribution in [0.1, 0.15) is 48.1 Å². The summed E-state index contributed by atoms with van der Waals surface area (Å²) in [7, 11) is 3.15. The van der Waals surface area contributed by atoms with E-state index in [0.717, 1.165) is 35.5 Å². The summed E-state index contributed by atoms with van der Waals surface area (Å²) < 4.78 is 17.6. The number of fused-ring (bicyclic) bond motifs is 1. The van der Waals surface area contributed by atoms with Crippen LogP contribution in [0, 0.1) is 5.41 Å². The number of carbonyl (C=O) groups is 1. The van der Waals surface area contributed by atoms with Crippen molar-refractivity contribution in [3.8, 4) is 17.4 Å². The first-order valence-corrected chi connectivity index (χ1v) is 9.56. The molecule has 7 nitrogen and oxygen atoms in total. The van der Waals surface area contributed by atoms with Crippen LogP contribution < -0.4 is 14.8 Å². The van der Waals surface area contributed by atoms with Gasteiger partial charge in [-0.2, -0.15) is 5.10 Å². The average Bonchev–Trinajstić information content (AvgIpc) is 3.34. The van der Waals surface area contributed by atoms with Gasteiger partial charge in [0, 0.05) is 11.6 Å². The topological polar surface area (TPSA) is 78.5 Å². The Morgan fingerprint density at radius 2 is 1.93 bits per heavy atom. The number of amides is 1. The first-order chi connectivity index (χ1) is 13.9. The molecule has 1 atom stereocenters. The highest BCUT2D eigenvalue weighted by molar-refractivity contribution is 5.91. The van der Waals surface area contributed by atoms with E-state index < -0.39 is 0 Å². The van der Waals surface area contributed by atoms with Crippen LogP contribution in [-0.2, 0) is 6.42 Å². The minimum absolute atomic E-state index is 0.00997. The molecule has 0 aliphatic heterocycles. The fourth-order valence-electron chi connectivity index (χ4n) is 3.90. The summed E-state index contributed by atoms with van der Waals surface area (Å²) in [5.74, 6) is 1.08. The predicted molar refractivity (Wildman–Crippen MR) is 108 cm³/mol. The van der Waals surface area contributed by atoms with Gasteiger partial charge >= 0.3 is 0 Å². The number of hydrogen-bond donors (Lipinski definition) is 1. The molecule has 0 radical (unpaired) electrons. The van der Waals surface area contributed by atoms with Crippen LogP contribution in [0.2, 0.25) is 0 Å². The number of nitrogens with one attached hydrogen (secondary N) is 1. The molecule has 7 heteroatoms. The number of hydrogen-bond acceptors (Lipinski definition) is 5. The van der Waals surface area contributed by atoms with Gasteiger partial charge in [-0.3, -0.25) is 4.79 Å². The molecule has 0 fully saturated rings. The second kappa shape index (κ2) is 7.31. The number of carbonyl (C=O) groups excluding carboxylic acids is 1. The van der Waals surface area contributed by atoms with E-state index in [9.17, 15) is 4.79 Å². The summed E-state index contributed by atoms with van der Waals surface area (Å²) in [6.45, 7) is 4.41. The van der Waals surface area contributed by atoms with Crippen LogP contribution in [0.15, 0.2) is 47.0 Å². The Bertz CT molecular complexity index is 1020. The number of ether oxygens (including phenoxy) is 2. The van der Waals surface area contributed by atoms with E-state index in [1.54, 1.807) is 19.2 Å². The zero-order chi connectivity index (χ0) is 20.6. The van der Waals surface area contributed by atoms with Crippen molar-refractivity contribution in [2.75, 3.05) is 14.2 Å². The Morgan fingerprint density at radius 1 is 1.17 bits per heavy atom. The summed E-state index contributed by atoms with van der Waals surface area (Å²) >= 11 is 0. The molecule has 1 aliphatic rings. The monoisotopic (exact) mass is 395 g/mol. The van der Waals surface area contributed by atoms with Crippen molar-refractivity contribution in [3.63, 3.8) is 0 Å². The van der Waals surface area contributed by atoms with E-state index in [0.29, 0.717) is 5.95 Å². The van der Waals surface area contributed by atoms with E-state index in [4.69, 9.17) is 13.9 Å².